The van der Waals surface area contributed by atoms with E-state index in [9.17, 15) is 9.59 Å². The Kier molecular flexibility index (Phi) is 9.75. The summed E-state index contributed by atoms with van der Waals surface area (Å²) in [6, 6.07) is 8.44. The zero-order valence-corrected chi connectivity index (χ0v) is 20.9. The van der Waals surface area contributed by atoms with Crippen LogP contribution in [0.3, 0.4) is 0 Å². The fraction of sp³-hybridized carbons (Fsp3) is 0.583. The fourth-order valence-electron chi connectivity index (χ4n) is 3.46. The molecule has 8 heteroatoms. The zero-order valence-electron chi connectivity index (χ0n) is 20.1. The minimum atomic E-state index is -0.362. The van der Waals surface area contributed by atoms with E-state index >= 15 is 0 Å². The normalized spacial score (nSPS) is 12.5. The average Bonchev–Trinajstić information content (AvgIpc) is 3.09. The van der Waals surface area contributed by atoms with E-state index in [-0.39, 0.29) is 35.9 Å². The molecule has 3 N–H and O–H groups in total. The maximum absolute atomic E-state index is 12.8. The van der Waals surface area contributed by atoms with Gasteiger partial charge >= 0.3 is 0 Å². The van der Waals surface area contributed by atoms with Gasteiger partial charge in [-0.25, -0.2) is 0 Å². The van der Waals surface area contributed by atoms with Gasteiger partial charge in [0.15, 0.2) is 5.16 Å². The van der Waals surface area contributed by atoms with Crippen molar-refractivity contribution in [3.05, 3.63) is 41.2 Å². The van der Waals surface area contributed by atoms with Gasteiger partial charge in [-0.2, -0.15) is 0 Å². The summed E-state index contributed by atoms with van der Waals surface area (Å²) in [6.45, 7) is 13.5. The molecule has 1 heterocycles. The molecule has 0 aliphatic carbocycles. The molecule has 0 aliphatic heterocycles. The standard InChI is InChI=1S/C24H37N5O2S/c1-15(2)13-29-21(12-11-20(25)30)27-28-24(29)32-14-22(31)26-23(17(5)6)19-9-7-18(8-10-19)16(3)4/h7-10,15-17,23H,11-14H2,1-6H3,(H2,25,30)(H,26,31). The molecule has 7 nitrogen and oxygen atoms in total. The zero-order chi connectivity index (χ0) is 23.8. The van der Waals surface area contributed by atoms with Crippen LogP contribution in [0.15, 0.2) is 29.4 Å². The van der Waals surface area contributed by atoms with Crippen molar-refractivity contribution in [1.29, 1.82) is 0 Å². The van der Waals surface area contributed by atoms with E-state index in [1.54, 1.807) is 0 Å². The Morgan fingerprint density at radius 3 is 2.19 bits per heavy atom. The van der Waals surface area contributed by atoms with Crippen molar-refractivity contribution in [1.82, 2.24) is 20.1 Å². The van der Waals surface area contributed by atoms with Gasteiger partial charge in [0, 0.05) is 19.4 Å². The first-order chi connectivity index (χ1) is 15.1. The van der Waals surface area contributed by atoms with E-state index in [4.69, 9.17) is 5.73 Å². The Balaban J connectivity index is 2.06. The van der Waals surface area contributed by atoms with Crippen LogP contribution in [-0.4, -0.2) is 32.3 Å². The Morgan fingerprint density at radius 1 is 1.03 bits per heavy atom. The lowest BCUT2D eigenvalue weighted by Crippen LogP contribution is -2.33. The Bertz CT molecular complexity index is 890. The first kappa shape index (κ1) is 25.9. The first-order valence-corrected chi connectivity index (χ1v) is 12.3. The molecule has 1 aromatic carbocycles. The van der Waals surface area contributed by atoms with Gasteiger partial charge in [0.2, 0.25) is 11.8 Å². The van der Waals surface area contributed by atoms with Crippen molar-refractivity contribution in [2.24, 2.45) is 17.6 Å². The number of nitrogens with one attached hydrogen (secondary N) is 1. The van der Waals surface area contributed by atoms with E-state index in [1.807, 2.05) is 4.57 Å². The van der Waals surface area contributed by atoms with Gasteiger partial charge in [-0.3, -0.25) is 9.59 Å². The van der Waals surface area contributed by atoms with Crippen LogP contribution in [0.1, 0.15) is 76.9 Å². The Morgan fingerprint density at radius 2 is 1.66 bits per heavy atom. The molecule has 0 fully saturated rings. The number of carbonyl (C=O) groups is 2. The Hall–Kier alpha value is -2.35. The van der Waals surface area contributed by atoms with Crippen molar-refractivity contribution in [2.45, 2.75) is 78.0 Å². The largest absolute Gasteiger partial charge is 0.370 e. The summed E-state index contributed by atoms with van der Waals surface area (Å²) >= 11 is 1.37. The van der Waals surface area contributed by atoms with Gasteiger partial charge in [-0.1, -0.05) is 77.6 Å². The topological polar surface area (TPSA) is 103 Å². The molecule has 2 amide bonds. The molecule has 1 unspecified atom stereocenters. The molecule has 1 atom stereocenters. The van der Waals surface area contributed by atoms with Crippen LogP contribution in [0.25, 0.3) is 0 Å². The third kappa shape index (κ3) is 7.65. The summed E-state index contributed by atoms with van der Waals surface area (Å²) in [4.78, 5) is 23.9. The van der Waals surface area contributed by atoms with Gasteiger partial charge in [0.05, 0.1) is 11.8 Å². The van der Waals surface area contributed by atoms with Crippen LogP contribution in [0.5, 0.6) is 0 Å². The second kappa shape index (κ2) is 12.0. The summed E-state index contributed by atoms with van der Waals surface area (Å²) in [6.07, 6.45) is 0.677. The highest BCUT2D eigenvalue weighted by Gasteiger charge is 2.20. The molecular formula is C24H37N5O2S. The third-order valence-electron chi connectivity index (χ3n) is 5.21. The number of nitrogens with two attached hydrogens (primary N) is 1. The number of nitrogens with zero attached hydrogens (tertiary/aromatic N) is 3. The van der Waals surface area contributed by atoms with Crippen LogP contribution in [-0.2, 0) is 22.6 Å². The van der Waals surface area contributed by atoms with E-state index in [0.29, 0.717) is 23.4 Å². The highest BCUT2D eigenvalue weighted by Crippen LogP contribution is 2.25. The molecule has 0 saturated heterocycles. The minimum Gasteiger partial charge on any atom is -0.370 e. The first-order valence-electron chi connectivity index (χ1n) is 11.3. The van der Waals surface area contributed by atoms with Crippen LogP contribution in [0.4, 0.5) is 0 Å². The monoisotopic (exact) mass is 459 g/mol. The number of carbonyl (C=O) groups excluding carboxylic acids is 2. The molecule has 0 radical (unpaired) electrons. The van der Waals surface area contributed by atoms with Gasteiger partial charge < -0.3 is 15.6 Å². The van der Waals surface area contributed by atoms with Crippen molar-refractivity contribution < 1.29 is 9.59 Å². The van der Waals surface area contributed by atoms with E-state index in [2.05, 4.69) is 81.3 Å². The lowest BCUT2D eigenvalue weighted by atomic mass is 9.93. The van der Waals surface area contributed by atoms with Gasteiger partial charge in [-0.05, 0) is 28.9 Å². The van der Waals surface area contributed by atoms with Gasteiger partial charge in [-0.15, -0.1) is 10.2 Å². The molecule has 32 heavy (non-hydrogen) atoms. The number of thioether (sulfide) groups is 1. The van der Waals surface area contributed by atoms with E-state index in [1.165, 1.54) is 17.3 Å². The quantitative estimate of drug-likeness (QED) is 0.466. The number of benzene rings is 1. The average molecular weight is 460 g/mol. The number of aromatic nitrogens is 3. The van der Waals surface area contributed by atoms with Crippen molar-refractivity contribution in [3.8, 4) is 0 Å². The molecular weight excluding hydrogens is 422 g/mol. The minimum absolute atomic E-state index is 0.0422. The molecule has 1 aromatic heterocycles. The lowest BCUT2D eigenvalue weighted by molar-refractivity contribution is -0.120. The second-order valence-electron chi connectivity index (χ2n) is 9.27. The van der Waals surface area contributed by atoms with Crippen molar-refractivity contribution in [3.63, 3.8) is 0 Å². The molecule has 0 bridgehead atoms. The highest BCUT2D eigenvalue weighted by molar-refractivity contribution is 7.99. The molecule has 0 saturated carbocycles. The molecule has 2 aromatic rings. The molecule has 2 rings (SSSR count). The highest BCUT2D eigenvalue weighted by atomic mass is 32.2. The lowest BCUT2D eigenvalue weighted by Gasteiger charge is -2.23. The smallest absolute Gasteiger partial charge is 0.230 e. The fourth-order valence-corrected chi connectivity index (χ4v) is 4.24. The van der Waals surface area contributed by atoms with Crippen molar-refractivity contribution in [2.75, 3.05) is 5.75 Å². The number of rotatable bonds is 12. The summed E-state index contributed by atoms with van der Waals surface area (Å²) in [5, 5.41) is 12.4. The number of hydrogen-bond donors (Lipinski definition) is 2. The molecule has 176 valence electrons. The maximum atomic E-state index is 12.8. The summed E-state index contributed by atoms with van der Waals surface area (Å²) in [5.74, 6) is 1.69. The second-order valence-corrected chi connectivity index (χ2v) is 10.2. The third-order valence-corrected chi connectivity index (χ3v) is 6.18. The number of hydrogen-bond acceptors (Lipinski definition) is 5. The maximum Gasteiger partial charge on any atom is 0.230 e. The van der Waals surface area contributed by atoms with Crippen LogP contribution in [0, 0.1) is 11.8 Å². The van der Waals surface area contributed by atoms with Crippen LogP contribution >= 0.6 is 11.8 Å². The molecule has 0 aliphatic rings. The number of primary amides is 1. The summed E-state index contributed by atoms with van der Waals surface area (Å²) < 4.78 is 2.00. The predicted octanol–water partition coefficient (Wildman–Crippen LogP) is 4.08. The molecule has 0 spiro atoms. The SMILES string of the molecule is CC(C)Cn1c(CCC(N)=O)nnc1SCC(=O)NC(c1ccc(C(C)C)cc1)C(C)C. The van der Waals surface area contributed by atoms with Crippen molar-refractivity contribution >= 4 is 23.6 Å². The van der Waals surface area contributed by atoms with Gasteiger partial charge in [0.1, 0.15) is 5.82 Å². The van der Waals surface area contributed by atoms with Gasteiger partial charge in [0.25, 0.3) is 0 Å². The Labute approximate surface area is 195 Å². The van der Waals surface area contributed by atoms with E-state index < -0.39 is 0 Å². The summed E-state index contributed by atoms with van der Waals surface area (Å²) in [5.41, 5.74) is 7.68. The van der Waals surface area contributed by atoms with Crippen LogP contribution < -0.4 is 11.1 Å². The number of amides is 2. The summed E-state index contributed by atoms with van der Waals surface area (Å²) in [7, 11) is 0. The number of aryl methyl sites for hydroxylation is 1. The van der Waals surface area contributed by atoms with E-state index in [0.717, 1.165) is 17.9 Å². The predicted molar refractivity (Wildman–Crippen MR) is 129 cm³/mol. The van der Waals surface area contributed by atoms with Crippen LogP contribution in [0.2, 0.25) is 0 Å².